The number of hydrogen-bond acceptors (Lipinski definition) is 3. The minimum atomic E-state index is -0.989. The molecular formula is C13H16F2N2O2. The minimum absolute atomic E-state index is 0.170. The molecule has 104 valence electrons. The van der Waals surface area contributed by atoms with E-state index in [0.29, 0.717) is 5.56 Å². The summed E-state index contributed by atoms with van der Waals surface area (Å²) in [6, 6.07) is 3.86. The summed E-state index contributed by atoms with van der Waals surface area (Å²) in [5.74, 6) is -0.788. The van der Waals surface area contributed by atoms with Crippen LogP contribution in [0.3, 0.4) is 0 Å². The summed E-state index contributed by atoms with van der Waals surface area (Å²) in [5, 5.41) is 14.2. The molecule has 2 rings (SSSR count). The lowest BCUT2D eigenvalue weighted by Gasteiger charge is -2.11. The maximum Gasteiger partial charge on any atom is 0.237 e. The molecule has 2 atom stereocenters. The van der Waals surface area contributed by atoms with Gasteiger partial charge in [-0.25, -0.2) is 8.78 Å². The van der Waals surface area contributed by atoms with Crippen LogP contribution < -0.4 is 10.6 Å². The summed E-state index contributed by atoms with van der Waals surface area (Å²) in [6.07, 6.45) is -0.819. The molecule has 1 saturated heterocycles. The Balaban J connectivity index is 1.88. The molecule has 1 aromatic carbocycles. The van der Waals surface area contributed by atoms with Crippen molar-refractivity contribution in [1.29, 1.82) is 0 Å². The summed E-state index contributed by atoms with van der Waals surface area (Å²) >= 11 is 0. The number of alkyl halides is 1. The Hall–Kier alpha value is -1.53. The highest BCUT2D eigenvalue weighted by Gasteiger charge is 2.28. The molecular weight excluding hydrogens is 254 g/mol. The van der Waals surface area contributed by atoms with Crippen LogP contribution in [0.1, 0.15) is 17.5 Å². The van der Waals surface area contributed by atoms with E-state index in [4.69, 9.17) is 5.11 Å². The maximum atomic E-state index is 13.4. The number of carbonyl (C=O) groups excluding carboxylic acids is 1. The zero-order valence-electron chi connectivity index (χ0n) is 10.3. The first-order chi connectivity index (χ1) is 9.10. The first-order valence-corrected chi connectivity index (χ1v) is 6.13. The Bertz CT molecular complexity index is 468. The zero-order valence-corrected chi connectivity index (χ0v) is 10.3. The molecule has 0 unspecified atom stereocenters. The quantitative estimate of drug-likeness (QED) is 0.752. The third kappa shape index (κ3) is 3.48. The number of aliphatic hydroxyl groups is 1. The fourth-order valence-corrected chi connectivity index (χ4v) is 2.03. The highest BCUT2D eigenvalue weighted by atomic mass is 19.1. The minimum Gasteiger partial charge on any atom is -0.392 e. The lowest BCUT2D eigenvalue weighted by molar-refractivity contribution is -0.123. The molecule has 1 amide bonds. The smallest absolute Gasteiger partial charge is 0.237 e. The van der Waals surface area contributed by atoms with Gasteiger partial charge in [0.1, 0.15) is 12.0 Å². The van der Waals surface area contributed by atoms with Gasteiger partial charge in [0.05, 0.1) is 12.6 Å². The fourth-order valence-electron chi connectivity index (χ4n) is 2.03. The van der Waals surface area contributed by atoms with Gasteiger partial charge < -0.3 is 15.7 Å². The van der Waals surface area contributed by atoms with Crippen LogP contribution in [0.2, 0.25) is 0 Å². The van der Waals surface area contributed by atoms with Gasteiger partial charge in [0.2, 0.25) is 5.91 Å². The van der Waals surface area contributed by atoms with Crippen LogP contribution in [0.5, 0.6) is 0 Å². The van der Waals surface area contributed by atoms with E-state index in [0.717, 1.165) is 0 Å². The molecule has 0 radical (unpaired) electrons. The lowest BCUT2D eigenvalue weighted by atomic mass is 10.1. The van der Waals surface area contributed by atoms with Gasteiger partial charge in [-0.3, -0.25) is 4.79 Å². The van der Waals surface area contributed by atoms with Crippen molar-refractivity contribution in [2.24, 2.45) is 0 Å². The van der Waals surface area contributed by atoms with E-state index in [1.807, 2.05) is 0 Å². The average molecular weight is 270 g/mol. The number of aliphatic hydroxyl groups excluding tert-OH is 1. The highest BCUT2D eigenvalue weighted by molar-refractivity contribution is 5.82. The van der Waals surface area contributed by atoms with E-state index in [1.165, 1.54) is 12.1 Å². The second kappa shape index (κ2) is 6.08. The maximum absolute atomic E-state index is 13.4. The number of halogens is 2. The molecule has 0 aliphatic carbocycles. The van der Waals surface area contributed by atoms with Crippen molar-refractivity contribution >= 4 is 5.91 Å². The van der Waals surface area contributed by atoms with Crippen LogP contribution >= 0.6 is 0 Å². The van der Waals surface area contributed by atoms with Gasteiger partial charge in [-0.15, -0.1) is 0 Å². The molecule has 1 aliphatic heterocycles. The Morgan fingerprint density at radius 1 is 1.53 bits per heavy atom. The molecule has 0 saturated carbocycles. The Kier molecular flexibility index (Phi) is 4.44. The van der Waals surface area contributed by atoms with Gasteiger partial charge in [-0.1, -0.05) is 12.1 Å². The monoisotopic (exact) mass is 270 g/mol. The van der Waals surface area contributed by atoms with Crippen LogP contribution in [-0.2, 0) is 17.9 Å². The van der Waals surface area contributed by atoms with E-state index in [1.54, 1.807) is 6.07 Å². The van der Waals surface area contributed by atoms with Crippen molar-refractivity contribution in [3.63, 3.8) is 0 Å². The molecule has 1 heterocycles. The molecule has 1 aliphatic rings. The van der Waals surface area contributed by atoms with Gasteiger partial charge in [-0.2, -0.15) is 0 Å². The SMILES string of the molecule is O=C(NCc1ccc(CO)c(F)c1)[C@H]1C[C@H](F)CN1. The molecule has 3 N–H and O–H groups in total. The van der Waals surface area contributed by atoms with Crippen LogP contribution in [-0.4, -0.2) is 29.8 Å². The molecule has 0 bridgehead atoms. The summed E-state index contributed by atoms with van der Waals surface area (Å²) in [5.41, 5.74) is 0.811. The number of benzene rings is 1. The van der Waals surface area contributed by atoms with E-state index >= 15 is 0 Å². The molecule has 4 nitrogen and oxygen atoms in total. The number of carbonyl (C=O) groups is 1. The Morgan fingerprint density at radius 2 is 2.32 bits per heavy atom. The first kappa shape index (κ1) is 13.9. The standard InChI is InChI=1S/C13H16F2N2O2/c14-10-4-12(16-6-10)13(19)17-5-8-1-2-9(7-18)11(15)3-8/h1-3,10,12,16,18H,4-7H2,(H,17,19)/t10-,12+/m0/s1. The summed E-state index contributed by atoms with van der Waals surface area (Å²) in [7, 11) is 0. The zero-order chi connectivity index (χ0) is 13.8. The van der Waals surface area contributed by atoms with Crippen LogP contribution in [0.4, 0.5) is 8.78 Å². The van der Waals surface area contributed by atoms with Gasteiger partial charge >= 0.3 is 0 Å². The molecule has 0 aromatic heterocycles. The van der Waals surface area contributed by atoms with E-state index in [9.17, 15) is 13.6 Å². The van der Waals surface area contributed by atoms with Crippen LogP contribution in [0, 0.1) is 5.82 Å². The largest absolute Gasteiger partial charge is 0.392 e. The first-order valence-electron chi connectivity index (χ1n) is 6.13. The lowest BCUT2D eigenvalue weighted by Crippen LogP contribution is -2.40. The molecule has 6 heteroatoms. The Morgan fingerprint density at radius 3 is 2.89 bits per heavy atom. The van der Waals surface area contributed by atoms with Crippen molar-refractivity contribution in [1.82, 2.24) is 10.6 Å². The van der Waals surface area contributed by atoms with Gasteiger partial charge in [0.25, 0.3) is 0 Å². The van der Waals surface area contributed by atoms with Crippen molar-refractivity contribution in [3.05, 3.63) is 35.1 Å². The number of nitrogens with one attached hydrogen (secondary N) is 2. The van der Waals surface area contributed by atoms with E-state index in [2.05, 4.69) is 10.6 Å². The normalized spacial score (nSPS) is 22.5. The third-order valence-electron chi connectivity index (χ3n) is 3.15. The van der Waals surface area contributed by atoms with E-state index < -0.39 is 18.0 Å². The second-order valence-electron chi connectivity index (χ2n) is 4.60. The van der Waals surface area contributed by atoms with Crippen molar-refractivity contribution in [2.75, 3.05) is 6.54 Å². The van der Waals surface area contributed by atoms with Crippen LogP contribution in [0.25, 0.3) is 0 Å². The van der Waals surface area contributed by atoms with Gasteiger partial charge in [0.15, 0.2) is 0 Å². The van der Waals surface area contributed by atoms with Crippen molar-refractivity contribution in [2.45, 2.75) is 31.8 Å². The van der Waals surface area contributed by atoms with Crippen molar-refractivity contribution in [3.8, 4) is 0 Å². The number of amides is 1. The molecule has 1 fully saturated rings. The Labute approximate surface area is 109 Å². The highest BCUT2D eigenvalue weighted by Crippen LogP contribution is 2.12. The molecule has 0 spiro atoms. The van der Waals surface area contributed by atoms with Crippen LogP contribution in [0.15, 0.2) is 18.2 Å². The summed E-state index contributed by atoms with van der Waals surface area (Å²) in [6.45, 7) is 0.0108. The predicted molar refractivity (Wildman–Crippen MR) is 65.5 cm³/mol. The summed E-state index contributed by atoms with van der Waals surface area (Å²) < 4.78 is 26.3. The molecule has 1 aromatic rings. The average Bonchev–Trinajstić information content (AvgIpc) is 2.83. The van der Waals surface area contributed by atoms with Gasteiger partial charge in [0, 0.05) is 25.1 Å². The van der Waals surface area contributed by atoms with Gasteiger partial charge in [-0.05, 0) is 11.6 Å². The predicted octanol–water partition coefficient (Wildman–Crippen LogP) is 0.634. The number of hydrogen-bond donors (Lipinski definition) is 3. The van der Waals surface area contributed by atoms with Crippen molar-refractivity contribution < 1.29 is 18.7 Å². The fraction of sp³-hybridized carbons (Fsp3) is 0.462. The second-order valence-corrected chi connectivity index (χ2v) is 4.60. The van der Waals surface area contributed by atoms with E-state index in [-0.39, 0.29) is 37.6 Å². The summed E-state index contributed by atoms with van der Waals surface area (Å²) in [4.78, 5) is 11.7. The third-order valence-corrected chi connectivity index (χ3v) is 3.15. The number of rotatable bonds is 4. The topological polar surface area (TPSA) is 61.4 Å². The molecule has 19 heavy (non-hydrogen) atoms.